The zero-order valence-electron chi connectivity index (χ0n) is 9.97. The molecule has 1 aliphatic carbocycles. The van der Waals surface area contributed by atoms with Crippen LogP contribution in [0.4, 0.5) is 0 Å². The van der Waals surface area contributed by atoms with Crippen molar-refractivity contribution < 1.29 is 4.52 Å². The molecule has 0 amide bonds. The van der Waals surface area contributed by atoms with Gasteiger partial charge in [-0.3, -0.25) is 0 Å². The molecule has 1 saturated heterocycles. The lowest BCUT2D eigenvalue weighted by atomic mass is 9.76. The number of benzene rings is 1. The molecule has 1 saturated carbocycles. The summed E-state index contributed by atoms with van der Waals surface area (Å²) in [4.78, 5) is 0. The molecule has 2 aliphatic rings. The Hall–Kier alpha value is -0.140. The normalized spacial score (nSPS) is 38.0. The van der Waals surface area contributed by atoms with E-state index in [1.165, 1.54) is 24.8 Å². The SMILES string of the molecule is CN1[C@H]2CCCC[C@@]2(c2ccccc2)OP1Cl. The minimum absolute atomic E-state index is 0.151. The summed E-state index contributed by atoms with van der Waals surface area (Å²) < 4.78 is 8.45. The molecule has 2 fully saturated rings. The van der Waals surface area contributed by atoms with E-state index in [-0.39, 0.29) is 5.60 Å². The van der Waals surface area contributed by atoms with Crippen molar-refractivity contribution in [1.29, 1.82) is 0 Å². The molecule has 1 aliphatic heterocycles. The highest BCUT2D eigenvalue weighted by Crippen LogP contribution is 2.64. The van der Waals surface area contributed by atoms with E-state index in [0.717, 1.165) is 6.42 Å². The topological polar surface area (TPSA) is 12.5 Å². The van der Waals surface area contributed by atoms with E-state index in [4.69, 9.17) is 15.8 Å². The number of nitrogens with zero attached hydrogens (tertiary/aromatic N) is 1. The van der Waals surface area contributed by atoms with Crippen molar-refractivity contribution in [2.75, 3.05) is 7.05 Å². The highest BCUT2D eigenvalue weighted by atomic mass is 35.7. The van der Waals surface area contributed by atoms with Crippen LogP contribution < -0.4 is 0 Å². The molecular formula is C13H17ClNOP. The number of rotatable bonds is 1. The molecule has 1 aromatic rings. The number of halogens is 1. The van der Waals surface area contributed by atoms with E-state index in [2.05, 4.69) is 42.0 Å². The molecule has 3 atom stereocenters. The first-order valence-corrected chi connectivity index (χ1v) is 8.29. The van der Waals surface area contributed by atoms with Crippen molar-refractivity contribution in [1.82, 2.24) is 4.67 Å². The van der Waals surface area contributed by atoms with Crippen molar-refractivity contribution in [3.05, 3.63) is 35.9 Å². The Bertz CT molecular complexity index is 402. The maximum atomic E-state index is 6.35. The number of hydrogen-bond donors (Lipinski definition) is 0. The molecule has 1 heterocycles. The molecule has 17 heavy (non-hydrogen) atoms. The van der Waals surface area contributed by atoms with Crippen molar-refractivity contribution in [2.45, 2.75) is 37.3 Å². The van der Waals surface area contributed by atoms with Gasteiger partial charge in [-0.15, -0.1) is 0 Å². The van der Waals surface area contributed by atoms with Gasteiger partial charge in [0.05, 0.1) is 0 Å². The van der Waals surface area contributed by atoms with Gasteiger partial charge in [0.2, 0.25) is 7.65 Å². The van der Waals surface area contributed by atoms with Crippen LogP contribution in [0.2, 0.25) is 0 Å². The van der Waals surface area contributed by atoms with Crippen LogP contribution in [0.1, 0.15) is 31.2 Å². The maximum absolute atomic E-state index is 6.35. The van der Waals surface area contributed by atoms with Crippen molar-refractivity contribution in [3.8, 4) is 0 Å². The zero-order valence-corrected chi connectivity index (χ0v) is 11.6. The smallest absolute Gasteiger partial charge is 0.207 e. The van der Waals surface area contributed by atoms with Gasteiger partial charge < -0.3 is 4.52 Å². The van der Waals surface area contributed by atoms with Crippen LogP contribution in [0.3, 0.4) is 0 Å². The monoisotopic (exact) mass is 269 g/mol. The van der Waals surface area contributed by atoms with E-state index >= 15 is 0 Å². The lowest BCUT2D eigenvalue weighted by molar-refractivity contribution is 0.0262. The minimum atomic E-state index is -0.943. The molecule has 0 spiro atoms. The van der Waals surface area contributed by atoms with Crippen LogP contribution in [-0.4, -0.2) is 17.8 Å². The summed E-state index contributed by atoms with van der Waals surface area (Å²) in [5, 5.41) is 0. The van der Waals surface area contributed by atoms with E-state index in [1.807, 2.05) is 0 Å². The van der Waals surface area contributed by atoms with Crippen LogP contribution >= 0.6 is 18.9 Å². The van der Waals surface area contributed by atoms with Gasteiger partial charge in [0.25, 0.3) is 0 Å². The molecule has 3 rings (SSSR count). The van der Waals surface area contributed by atoms with Crippen molar-refractivity contribution in [2.24, 2.45) is 0 Å². The first-order chi connectivity index (χ1) is 8.24. The summed E-state index contributed by atoms with van der Waals surface area (Å²) in [5.41, 5.74) is 1.14. The average Bonchev–Trinajstić information content (AvgIpc) is 2.64. The second kappa shape index (κ2) is 4.51. The Morgan fingerprint density at radius 1 is 1.35 bits per heavy atom. The molecule has 1 aromatic carbocycles. The maximum Gasteiger partial charge on any atom is 0.207 e. The summed E-state index contributed by atoms with van der Waals surface area (Å²) >= 11 is 6.35. The van der Waals surface area contributed by atoms with Crippen LogP contribution in [-0.2, 0) is 10.1 Å². The lowest BCUT2D eigenvalue weighted by Crippen LogP contribution is -2.44. The quantitative estimate of drug-likeness (QED) is 0.707. The predicted molar refractivity (Wildman–Crippen MR) is 72.0 cm³/mol. The van der Waals surface area contributed by atoms with Gasteiger partial charge >= 0.3 is 0 Å². The highest BCUT2D eigenvalue weighted by molar-refractivity contribution is 7.78. The predicted octanol–water partition coefficient (Wildman–Crippen LogP) is 4.25. The zero-order chi connectivity index (χ0) is 11.9. The van der Waals surface area contributed by atoms with E-state index < -0.39 is 7.65 Å². The number of hydrogen-bond acceptors (Lipinski definition) is 2. The summed E-state index contributed by atoms with van der Waals surface area (Å²) in [7, 11) is 1.15. The number of likely N-dealkylation sites (N-methyl/N-ethyl adjacent to an activating group) is 1. The van der Waals surface area contributed by atoms with Crippen LogP contribution in [0.15, 0.2) is 30.3 Å². The molecule has 0 aromatic heterocycles. The Morgan fingerprint density at radius 2 is 2.12 bits per heavy atom. The molecule has 0 radical (unpaired) electrons. The molecule has 92 valence electrons. The molecular weight excluding hydrogens is 253 g/mol. The Labute approximate surface area is 109 Å². The Balaban J connectivity index is 2.03. The van der Waals surface area contributed by atoms with Gasteiger partial charge in [-0.25, -0.2) is 4.67 Å². The Kier molecular flexibility index (Phi) is 3.16. The van der Waals surface area contributed by atoms with Gasteiger partial charge in [-0.05, 0) is 36.7 Å². The Morgan fingerprint density at radius 3 is 2.88 bits per heavy atom. The molecule has 1 unspecified atom stereocenters. The third kappa shape index (κ3) is 1.82. The van der Waals surface area contributed by atoms with Crippen LogP contribution in [0.25, 0.3) is 0 Å². The first kappa shape index (κ1) is 11.9. The fraction of sp³-hybridized carbons (Fsp3) is 0.538. The standard InChI is InChI=1S/C13H17ClNOP/c1-15-12-9-5-6-10-13(12,16-17(15)14)11-7-3-2-4-8-11/h2-4,7-8,12H,5-6,9-10H2,1H3/t12-,13-,17?/m0/s1. The molecule has 4 heteroatoms. The largest absolute Gasteiger partial charge is 0.318 e. The van der Waals surface area contributed by atoms with E-state index in [0.29, 0.717) is 6.04 Å². The molecule has 0 N–H and O–H groups in total. The summed E-state index contributed by atoms with van der Waals surface area (Å²) in [6.07, 6.45) is 4.81. The van der Waals surface area contributed by atoms with E-state index in [1.54, 1.807) is 0 Å². The first-order valence-electron chi connectivity index (χ1n) is 6.17. The minimum Gasteiger partial charge on any atom is -0.318 e. The van der Waals surface area contributed by atoms with E-state index in [9.17, 15) is 0 Å². The van der Waals surface area contributed by atoms with Gasteiger partial charge in [0.1, 0.15) is 5.60 Å². The van der Waals surface area contributed by atoms with Gasteiger partial charge in [0.15, 0.2) is 0 Å². The summed E-state index contributed by atoms with van der Waals surface area (Å²) in [5.74, 6) is 0. The second-order valence-electron chi connectivity index (χ2n) is 4.91. The van der Waals surface area contributed by atoms with Gasteiger partial charge in [0, 0.05) is 6.04 Å². The average molecular weight is 270 g/mol. The summed E-state index contributed by atoms with van der Waals surface area (Å²) in [6, 6.07) is 11.0. The molecule has 2 nitrogen and oxygen atoms in total. The highest BCUT2D eigenvalue weighted by Gasteiger charge is 2.54. The molecule has 0 bridgehead atoms. The lowest BCUT2D eigenvalue weighted by Gasteiger charge is -2.39. The number of fused-ring (bicyclic) bond motifs is 1. The van der Waals surface area contributed by atoms with Crippen molar-refractivity contribution >= 4 is 18.9 Å². The van der Waals surface area contributed by atoms with Crippen LogP contribution in [0, 0.1) is 0 Å². The second-order valence-corrected chi connectivity index (χ2v) is 7.04. The third-order valence-electron chi connectivity index (χ3n) is 4.01. The van der Waals surface area contributed by atoms with Gasteiger partial charge in [-0.2, -0.15) is 0 Å². The summed E-state index contributed by atoms with van der Waals surface area (Å²) in [6.45, 7) is 0. The fourth-order valence-electron chi connectivity index (χ4n) is 3.14. The van der Waals surface area contributed by atoms with Crippen molar-refractivity contribution in [3.63, 3.8) is 0 Å². The van der Waals surface area contributed by atoms with Gasteiger partial charge in [-0.1, -0.05) is 43.2 Å². The fourth-order valence-corrected chi connectivity index (χ4v) is 5.06. The third-order valence-corrected chi connectivity index (χ3v) is 6.19. The van der Waals surface area contributed by atoms with Crippen LogP contribution in [0.5, 0.6) is 0 Å².